The molecule has 0 aromatic heterocycles. The Morgan fingerprint density at radius 1 is 1.22 bits per heavy atom. The molecule has 1 aliphatic rings. The molecule has 7 nitrogen and oxygen atoms in total. The van der Waals surface area contributed by atoms with Crippen LogP contribution in [-0.4, -0.2) is 47.2 Å². The van der Waals surface area contributed by atoms with Crippen LogP contribution in [0, 0.1) is 0 Å². The van der Waals surface area contributed by atoms with Gasteiger partial charge >= 0.3 is 12.1 Å². The van der Waals surface area contributed by atoms with Crippen molar-refractivity contribution in [1.82, 2.24) is 4.90 Å². The van der Waals surface area contributed by atoms with Gasteiger partial charge in [0, 0.05) is 17.3 Å². The van der Waals surface area contributed by atoms with Gasteiger partial charge in [-0.05, 0) is 64.8 Å². The van der Waals surface area contributed by atoms with Crippen molar-refractivity contribution in [1.29, 1.82) is 0 Å². The van der Waals surface area contributed by atoms with E-state index in [9.17, 15) is 14.4 Å². The van der Waals surface area contributed by atoms with Crippen LogP contribution >= 0.6 is 11.6 Å². The summed E-state index contributed by atoms with van der Waals surface area (Å²) in [5.74, 6) is -1.08. The van der Waals surface area contributed by atoms with Gasteiger partial charge in [0.2, 0.25) is 0 Å². The number of halogens is 1. The standard InChI is InChI=1S/C19H25ClN2O5/c1-12(16(23)21-14-9-7-13(20)8-10-14)26-17(24)15-6-5-11-22(15)18(25)27-19(2,3)4/h7-10,12,15H,5-6,11H2,1-4H3,(H,21,23)/t12-,15-/m0/s1. The Labute approximate surface area is 163 Å². The van der Waals surface area contributed by atoms with E-state index in [0.29, 0.717) is 30.1 Å². The monoisotopic (exact) mass is 396 g/mol. The second kappa shape index (κ2) is 8.61. The molecule has 1 fully saturated rings. The maximum Gasteiger partial charge on any atom is 0.411 e. The Balaban J connectivity index is 1.93. The molecule has 0 saturated carbocycles. The molecule has 2 atom stereocenters. The van der Waals surface area contributed by atoms with Crippen molar-refractivity contribution in [3.63, 3.8) is 0 Å². The van der Waals surface area contributed by atoms with Crippen LogP contribution in [0.15, 0.2) is 24.3 Å². The minimum Gasteiger partial charge on any atom is -0.451 e. The molecule has 1 aromatic rings. The van der Waals surface area contributed by atoms with Gasteiger partial charge in [0.15, 0.2) is 6.10 Å². The van der Waals surface area contributed by atoms with E-state index in [1.165, 1.54) is 11.8 Å². The number of anilines is 1. The largest absolute Gasteiger partial charge is 0.451 e. The molecule has 27 heavy (non-hydrogen) atoms. The summed E-state index contributed by atoms with van der Waals surface area (Å²) < 4.78 is 10.6. The maximum atomic E-state index is 12.5. The zero-order valence-corrected chi connectivity index (χ0v) is 16.7. The summed E-state index contributed by atoms with van der Waals surface area (Å²) in [6.45, 7) is 7.18. The molecule has 1 saturated heterocycles. The summed E-state index contributed by atoms with van der Waals surface area (Å²) in [5, 5.41) is 3.20. The molecule has 1 heterocycles. The highest BCUT2D eigenvalue weighted by Crippen LogP contribution is 2.22. The molecule has 1 aromatic carbocycles. The van der Waals surface area contributed by atoms with Crippen molar-refractivity contribution in [2.45, 2.75) is 58.3 Å². The molecule has 2 amide bonds. The van der Waals surface area contributed by atoms with Crippen LogP contribution in [-0.2, 0) is 19.1 Å². The normalized spacial score (nSPS) is 18.0. The first-order valence-corrected chi connectivity index (χ1v) is 9.21. The first-order chi connectivity index (χ1) is 12.6. The molecule has 1 N–H and O–H groups in total. The number of amides is 2. The van der Waals surface area contributed by atoms with Crippen molar-refractivity contribution in [3.8, 4) is 0 Å². The van der Waals surface area contributed by atoms with Gasteiger partial charge in [-0.3, -0.25) is 9.69 Å². The molecule has 0 aliphatic carbocycles. The van der Waals surface area contributed by atoms with Gasteiger partial charge in [-0.25, -0.2) is 9.59 Å². The number of hydrogen-bond acceptors (Lipinski definition) is 5. The average molecular weight is 397 g/mol. The predicted molar refractivity (Wildman–Crippen MR) is 102 cm³/mol. The summed E-state index contributed by atoms with van der Waals surface area (Å²) in [4.78, 5) is 38.3. The number of hydrogen-bond donors (Lipinski definition) is 1. The molecule has 0 spiro atoms. The summed E-state index contributed by atoms with van der Waals surface area (Å²) in [5.41, 5.74) is -0.108. The van der Waals surface area contributed by atoms with E-state index in [-0.39, 0.29) is 0 Å². The van der Waals surface area contributed by atoms with Crippen molar-refractivity contribution in [3.05, 3.63) is 29.3 Å². The lowest BCUT2D eigenvalue weighted by Crippen LogP contribution is -2.45. The zero-order chi connectivity index (χ0) is 20.2. The van der Waals surface area contributed by atoms with E-state index in [4.69, 9.17) is 21.1 Å². The van der Waals surface area contributed by atoms with Gasteiger partial charge in [-0.15, -0.1) is 0 Å². The fraction of sp³-hybridized carbons (Fsp3) is 0.526. The molecular weight excluding hydrogens is 372 g/mol. The van der Waals surface area contributed by atoms with Crippen molar-refractivity contribution < 1.29 is 23.9 Å². The lowest BCUT2D eigenvalue weighted by Gasteiger charge is -2.28. The molecule has 2 rings (SSSR count). The smallest absolute Gasteiger partial charge is 0.411 e. The highest BCUT2D eigenvalue weighted by Gasteiger charge is 2.38. The van der Waals surface area contributed by atoms with Crippen LogP contribution in [0.2, 0.25) is 5.02 Å². The second-order valence-corrected chi connectivity index (χ2v) is 7.84. The van der Waals surface area contributed by atoms with Crippen molar-refractivity contribution in [2.75, 3.05) is 11.9 Å². The van der Waals surface area contributed by atoms with Crippen LogP contribution in [0.4, 0.5) is 10.5 Å². The van der Waals surface area contributed by atoms with Crippen LogP contribution in [0.3, 0.4) is 0 Å². The molecule has 0 unspecified atom stereocenters. The van der Waals surface area contributed by atoms with Crippen LogP contribution < -0.4 is 5.32 Å². The number of benzene rings is 1. The predicted octanol–water partition coefficient (Wildman–Crippen LogP) is 3.61. The quantitative estimate of drug-likeness (QED) is 0.786. The highest BCUT2D eigenvalue weighted by atomic mass is 35.5. The van der Waals surface area contributed by atoms with Gasteiger partial charge in [0.1, 0.15) is 11.6 Å². The van der Waals surface area contributed by atoms with Crippen LogP contribution in [0.25, 0.3) is 0 Å². The molecule has 1 aliphatic heterocycles. The topological polar surface area (TPSA) is 84.9 Å². The van der Waals surface area contributed by atoms with Gasteiger partial charge in [0.25, 0.3) is 5.91 Å². The van der Waals surface area contributed by atoms with E-state index in [0.717, 1.165) is 0 Å². The highest BCUT2D eigenvalue weighted by molar-refractivity contribution is 6.30. The number of likely N-dealkylation sites (tertiary alicyclic amines) is 1. The Bertz CT molecular complexity index is 699. The summed E-state index contributed by atoms with van der Waals surface area (Å²) in [6, 6.07) is 5.84. The van der Waals surface area contributed by atoms with E-state index in [2.05, 4.69) is 5.32 Å². The van der Waals surface area contributed by atoms with E-state index >= 15 is 0 Å². The molecular formula is C19H25ClN2O5. The van der Waals surface area contributed by atoms with Gasteiger partial charge in [0.05, 0.1) is 0 Å². The van der Waals surface area contributed by atoms with Gasteiger partial charge in [-0.1, -0.05) is 11.6 Å². The van der Waals surface area contributed by atoms with Gasteiger partial charge in [-0.2, -0.15) is 0 Å². The summed E-state index contributed by atoms with van der Waals surface area (Å²) >= 11 is 5.81. The Morgan fingerprint density at radius 2 is 1.85 bits per heavy atom. The SMILES string of the molecule is C[C@H](OC(=O)[C@@H]1CCCN1C(=O)OC(C)(C)C)C(=O)Nc1ccc(Cl)cc1. The van der Waals surface area contributed by atoms with Crippen molar-refractivity contribution in [2.24, 2.45) is 0 Å². The fourth-order valence-electron chi connectivity index (χ4n) is 2.63. The molecule has 8 heteroatoms. The van der Waals surface area contributed by atoms with E-state index < -0.39 is 35.7 Å². The third-order valence-electron chi connectivity index (χ3n) is 3.93. The summed E-state index contributed by atoms with van der Waals surface area (Å²) in [6.07, 6.45) is -0.414. The van der Waals surface area contributed by atoms with E-state index in [1.54, 1.807) is 45.0 Å². The number of carbonyl (C=O) groups is 3. The average Bonchev–Trinajstić information content (AvgIpc) is 3.05. The first-order valence-electron chi connectivity index (χ1n) is 8.83. The minimum atomic E-state index is -1.01. The lowest BCUT2D eigenvalue weighted by molar-refractivity contribution is -0.157. The third-order valence-corrected chi connectivity index (χ3v) is 4.18. The number of ether oxygens (including phenoxy) is 2. The number of carbonyl (C=O) groups excluding carboxylic acids is 3. The molecule has 0 bridgehead atoms. The lowest BCUT2D eigenvalue weighted by atomic mass is 10.2. The minimum absolute atomic E-state index is 0.417. The fourth-order valence-corrected chi connectivity index (χ4v) is 2.76. The number of nitrogens with one attached hydrogen (secondary N) is 1. The zero-order valence-electron chi connectivity index (χ0n) is 16.0. The third kappa shape index (κ3) is 6.13. The van der Waals surface area contributed by atoms with Crippen molar-refractivity contribution >= 4 is 35.3 Å². The van der Waals surface area contributed by atoms with Crippen LogP contribution in [0.5, 0.6) is 0 Å². The maximum absolute atomic E-state index is 12.5. The number of esters is 1. The molecule has 0 radical (unpaired) electrons. The van der Waals surface area contributed by atoms with Gasteiger partial charge < -0.3 is 14.8 Å². The Kier molecular flexibility index (Phi) is 6.70. The molecule has 148 valence electrons. The number of rotatable bonds is 4. The Hall–Kier alpha value is -2.28. The van der Waals surface area contributed by atoms with E-state index in [1.807, 2.05) is 0 Å². The first kappa shape index (κ1) is 21.0. The second-order valence-electron chi connectivity index (χ2n) is 7.41. The van der Waals surface area contributed by atoms with Crippen LogP contribution in [0.1, 0.15) is 40.5 Å². The number of nitrogens with zero attached hydrogens (tertiary/aromatic N) is 1. The summed E-state index contributed by atoms with van der Waals surface area (Å²) in [7, 11) is 0. The Morgan fingerprint density at radius 3 is 2.44 bits per heavy atom.